The Hall–Kier alpha value is -2.90. The van der Waals surface area contributed by atoms with Gasteiger partial charge in [-0.15, -0.1) is 0 Å². The second-order valence-corrected chi connectivity index (χ2v) is 5.63. The van der Waals surface area contributed by atoms with Crippen molar-refractivity contribution in [1.82, 2.24) is 16.0 Å². The van der Waals surface area contributed by atoms with Gasteiger partial charge in [0.1, 0.15) is 5.82 Å². The van der Waals surface area contributed by atoms with E-state index in [1.54, 1.807) is 0 Å². The van der Waals surface area contributed by atoms with Crippen LogP contribution in [-0.2, 0) is 15.8 Å². The van der Waals surface area contributed by atoms with Gasteiger partial charge < -0.3 is 21.1 Å². The van der Waals surface area contributed by atoms with Crippen LogP contribution in [0, 0.1) is 5.82 Å². The van der Waals surface area contributed by atoms with Gasteiger partial charge in [0, 0.05) is 18.7 Å². The van der Waals surface area contributed by atoms with Crippen molar-refractivity contribution in [3.63, 3.8) is 0 Å². The molecule has 0 aromatic heterocycles. The van der Waals surface area contributed by atoms with Gasteiger partial charge in [0.15, 0.2) is 0 Å². The van der Waals surface area contributed by atoms with Gasteiger partial charge in [-0.1, -0.05) is 0 Å². The van der Waals surface area contributed by atoms with Crippen LogP contribution in [0.15, 0.2) is 18.2 Å². The Morgan fingerprint density at radius 1 is 1.07 bits per heavy atom. The molecule has 1 saturated heterocycles. The average molecular weight is 433 g/mol. The van der Waals surface area contributed by atoms with Crippen molar-refractivity contribution in [1.29, 1.82) is 0 Å². The molecule has 1 fully saturated rings. The van der Waals surface area contributed by atoms with Gasteiger partial charge in [-0.05, 0) is 18.2 Å². The first kappa shape index (κ1) is 24.1. The number of hydrogen-bond donors (Lipinski definition) is 4. The maximum atomic E-state index is 13.2. The van der Waals surface area contributed by atoms with Gasteiger partial charge in [-0.25, -0.2) is 9.18 Å². The van der Waals surface area contributed by atoms with E-state index < -0.39 is 53.6 Å². The van der Waals surface area contributed by atoms with Crippen LogP contribution in [0.1, 0.15) is 15.9 Å². The minimum absolute atomic E-state index is 0.0181. The van der Waals surface area contributed by atoms with Crippen LogP contribution in [0.4, 0.5) is 30.7 Å². The molecule has 0 bridgehead atoms. The molecular weight excluding hydrogens is 419 g/mol. The highest BCUT2D eigenvalue weighted by Crippen LogP contribution is 2.30. The van der Waals surface area contributed by atoms with Crippen LogP contribution < -0.4 is 16.0 Å². The van der Waals surface area contributed by atoms with Crippen LogP contribution in [0.3, 0.4) is 0 Å². The molecule has 0 atom stereocenters. The maximum Gasteiger partial charge on any atom is 0.490 e. The summed E-state index contributed by atoms with van der Waals surface area (Å²) >= 11 is 0. The lowest BCUT2D eigenvalue weighted by Gasteiger charge is -2.27. The number of carbonyl (C=O) groups is 3. The van der Waals surface area contributed by atoms with Crippen LogP contribution in [0.5, 0.6) is 0 Å². The lowest BCUT2D eigenvalue weighted by Crippen LogP contribution is -2.58. The number of halogens is 7. The summed E-state index contributed by atoms with van der Waals surface area (Å²) in [6.45, 7) is 0.851. The lowest BCUT2D eigenvalue weighted by atomic mass is 10.1. The summed E-state index contributed by atoms with van der Waals surface area (Å²) in [5.41, 5.74) is -1.76. The van der Waals surface area contributed by atoms with Crippen molar-refractivity contribution in [3.8, 4) is 0 Å². The number of carbonyl (C=O) groups excluding carboxylic acids is 2. The van der Waals surface area contributed by atoms with E-state index in [-0.39, 0.29) is 6.04 Å². The van der Waals surface area contributed by atoms with Crippen molar-refractivity contribution < 1.29 is 50.2 Å². The van der Waals surface area contributed by atoms with Crippen LogP contribution in [-0.4, -0.2) is 54.7 Å². The minimum atomic E-state index is -5.08. The largest absolute Gasteiger partial charge is 0.490 e. The van der Waals surface area contributed by atoms with Gasteiger partial charge in [0.05, 0.1) is 18.2 Å². The second kappa shape index (κ2) is 9.54. The molecule has 0 spiro atoms. The third kappa shape index (κ3) is 8.33. The quantitative estimate of drug-likeness (QED) is 0.536. The standard InChI is InChI=1S/C13H13F4N3O2.C2HF3O2/c14-9-2-7(1-8(3-9)13(15,16)17)12(22)19-6-11(21)20-10-4-18-5-10;3-2(4,5)1(6)7/h1-3,10,18H,4-6H2,(H,19,22)(H,20,21);(H,6,7). The predicted octanol–water partition coefficient (Wildman–Crippen LogP) is 1.30. The van der Waals surface area contributed by atoms with E-state index in [9.17, 15) is 40.3 Å². The average Bonchev–Trinajstić information content (AvgIpc) is 2.54. The molecular formula is C15H14F7N3O4. The lowest BCUT2D eigenvalue weighted by molar-refractivity contribution is -0.192. The number of aliphatic carboxylic acids is 1. The van der Waals surface area contributed by atoms with Crippen LogP contribution >= 0.6 is 0 Å². The van der Waals surface area contributed by atoms with Crippen molar-refractivity contribution >= 4 is 17.8 Å². The fourth-order valence-corrected chi connectivity index (χ4v) is 1.82. The Bertz CT molecular complexity index is 761. The summed E-state index contributed by atoms with van der Waals surface area (Å²) in [6, 6.07) is 1.49. The highest BCUT2D eigenvalue weighted by molar-refractivity contribution is 5.96. The number of benzene rings is 1. The summed E-state index contributed by atoms with van der Waals surface area (Å²) < 4.78 is 82.5. The normalized spacial score (nSPS) is 14.2. The third-order valence-electron chi connectivity index (χ3n) is 3.29. The SMILES string of the molecule is O=C(CNC(=O)c1cc(F)cc(C(F)(F)F)c1)NC1CNC1.O=C(O)C(F)(F)F. The van der Waals surface area contributed by atoms with E-state index in [2.05, 4.69) is 16.0 Å². The molecule has 162 valence electrons. The van der Waals surface area contributed by atoms with E-state index in [0.29, 0.717) is 31.3 Å². The number of amides is 2. The second-order valence-electron chi connectivity index (χ2n) is 5.63. The molecule has 0 unspecified atom stereocenters. The highest BCUT2D eigenvalue weighted by atomic mass is 19.4. The Morgan fingerprint density at radius 3 is 2.03 bits per heavy atom. The molecule has 0 radical (unpaired) electrons. The zero-order valence-corrected chi connectivity index (χ0v) is 14.2. The number of rotatable bonds is 4. The molecule has 1 aromatic rings. The first-order valence-corrected chi connectivity index (χ1v) is 7.66. The number of hydrogen-bond acceptors (Lipinski definition) is 4. The van der Waals surface area contributed by atoms with Gasteiger partial charge in [0.2, 0.25) is 5.91 Å². The van der Waals surface area contributed by atoms with E-state index in [0.717, 1.165) is 0 Å². The monoisotopic (exact) mass is 433 g/mol. The number of nitrogens with one attached hydrogen (secondary N) is 3. The van der Waals surface area contributed by atoms with Crippen LogP contribution in [0.25, 0.3) is 0 Å². The predicted molar refractivity (Wildman–Crippen MR) is 82.2 cm³/mol. The summed E-state index contributed by atoms with van der Waals surface area (Å²) in [4.78, 5) is 32.1. The summed E-state index contributed by atoms with van der Waals surface area (Å²) in [5.74, 6) is -5.35. The Balaban J connectivity index is 0.000000516. The van der Waals surface area contributed by atoms with Crippen molar-refractivity contribution in [3.05, 3.63) is 35.1 Å². The molecule has 1 aliphatic heterocycles. The fraction of sp³-hybridized carbons (Fsp3) is 0.400. The van der Waals surface area contributed by atoms with Crippen molar-refractivity contribution in [2.45, 2.75) is 18.4 Å². The van der Waals surface area contributed by atoms with Gasteiger partial charge in [-0.2, -0.15) is 26.3 Å². The molecule has 7 nitrogen and oxygen atoms in total. The maximum absolute atomic E-state index is 13.2. The zero-order chi connectivity index (χ0) is 22.4. The van der Waals surface area contributed by atoms with E-state index in [4.69, 9.17) is 9.90 Å². The van der Waals surface area contributed by atoms with Gasteiger partial charge in [0.25, 0.3) is 5.91 Å². The molecule has 0 saturated carbocycles. The first-order chi connectivity index (χ1) is 13.2. The highest BCUT2D eigenvalue weighted by Gasteiger charge is 2.38. The smallest absolute Gasteiger partial charge is 0.475 e. The van der Waals surface area contributed by atoms with E-state index in [1.165, 1.54) is 0 Å². The van der Waals surface area contributed by atoms with Crippen LogP contribution in [0.2, 0.25) is 0 Å². The summed E-state index contributed by atoms with van der Waals surface area (Å²) in [6.07, 6.45) is -9.84. The molecule has 29 heavy (non-hydrogen) atoms. The topological polar surface area (TPSA) is 108 Å². The first-order valence-electron chi connectivity index (χ1n) is 7.66. The molecule has 1 aromatic carbocycles. The number of carboxylic acids is 1. The molecule has 2 amide bonds. The van der Waals surface area contributed by atoms with E-state index in [1.807, 2.05) is 0 Å². The molecule has 2 rings (SSSR count). The minimum Gasteiger partial charge on any atom is -0.475 e. The molecule has 14 heteroatoms. The summed E-state index contributed by atoms with van der Waals surface area (Å²) in [7, 11) is 0. The summed E-state index contributed by atoms with van der Waals surface area (Å²) in [5, 5.41) is 14.8. The number of alkyl halides is 6. The van der Waals surface area contributed by atoms with Crippen molar-refractivity contribution in [2.75, 3.05) is 19.6 Å². The zero-order valence-electron chi connectivity index (χ0n) is 14.2. The fourth-order valence-electron chi connectivity index (χ4n) is 1.82. The van der Waals surface area contributed by atoms with Gasteiger partial charge in [-0.3, -0.25) is 9.59 Å². The van der Waals surface area contributed by atoms with Gasteiger partial charge >= 0.3 is 18.3 Å². The molecule has 4 N–H and O–H groups in total. The van der Waals surface area contributed by atoms with E-state index >= 15 is 0 Å². The molecule has 1 heterocycles. The Morgan fingerprint density at radius 2 is 1.62 bits per heavy atom. The molecule has 0 aliphatic carbocycles. The Labute approximate surface area is 158 Å². The molecule has 1 aliphatic rings. The third-order valence-corrected chi connectivity index (χ3v) is 3.29. The Kier molecular flexibility index (Phi) is 7.94. The van der Waals surface area contributed by atoms with Crippen molar-refractivity contribution in [2.24, 2.45) is 0 Å². The number of carboxylic acid groups (broad SMARTS) is 1.